The van der Waals surface area contributed by atoms with Gasteiger partial charge < -0.3 is 5.32 Å². The van der Waals surface area contributed by atoms with E-state index in [4.69, 9.17) is 0 Å². The molecule has 0 bridgehead atoms. The van der Waals surface area contributed by atoms with Gasteiger partial charge in [0.05, 0.1) is 17.6 Å². The van der Waals surface area contributed by atoms with Crippen LogP contribution < -0.4 is 5.32 Å². The number of rotatable bonds is 6. The van der Waals surface area contributed by atoms with Gasteiger partial charge in [0.1, 0.15) is 0 Å². The predicted octanol–water partition coefficient (Wildman–Crippen LogP) is 1.87. The zero-order valence-electron chi connectivity index (χ0n) is 12.2. The molecule has 0 unspecified atom stereocenters. The van der Waals surface area contributed by atoms with Crippen molar-refractivity contribution in [3.05, 3.63) is 35.4 Å². The minimum Gasteiger partial charge on any atom is -0.307 e. The summed E-state index contributed by atoms with van der Waals surface area (Å²) in [7, 11) is 1.98. The summed E-state index contributed by atoms with van der Waals surface area (Å²) in [5, 5.41) is 12.1. The highest BCUT2D eigenvalue weighted by Crippen LogP contribution is 2.04. The van der Waals surface area contributed by atoms with E-state index in [1.165, 1.54) is 11.3 Å². The molecule has 0 aromatic carbocycles. The Morgan fingerprint density at radius 1 is 1.32 bits per heavy atom. The topological polar surface area (TPSA) is 47.7 Å². The Balaban J connectivity index is 1.82. The molecule has 0 fully saturated rings. The minimum atomic E-state index is 0.623. The van der Waals surface area contributed by atoms with Gasteiger partial charge in [-0.15, -0.1) is 0 Å². The lowest BCUT2D eigenvalue weighted by Crippen LogP contribution is -2.15. The molecule has 104 valence electrons. The number of aryl methyl sites for hydroxylation is 2. The van der Waals surface area contributed by atoms with Gasteiger partial charge in [0.2, 0.25) is 0 Å². The highest BCUT2D eigenvalue weighted by molar-refractivity contribution is 5.09. The Morgan fingerprint density at radius 3 is 2.74 bits per heavy atom. The summed E-state index contributed by atoms with van der Waals surface area (Å²) in [4.78, 5) is 0. The molecular weight excluding hydrogens is 238 g/mol. The predicted molar refractivity (Wildman–Crippen MR) is 75.6 cm³/mol. The molecule has 0 aliphatic heterocycles. The summed E-state index contributed by atoms with van der Waals surface area (Å²) < 4.78 is 3.93. The van der Waals surface area contributed by atoms with Crippen LogP contribution in [-0.2, 0) is 26.7 Å². The third kappa shape index (κ3) is 3.92. The van der Waals surface area contributed by atoms with Crippen LogP contribution in [0.3, 0.4) is 0 Å². The molecule has 0 spiro atoms. The van der Waals surface area contributed by atoms with Crippen molar-refractivity contribution in [3.8, 4) is 0 Å². The summed E-state index contributed by atoms with van der Waals surface area (Å²) in [5.74, 6) is 0.623. The fourth-order valence-electron chi connectivity index (χ4n) is 2.14. The van der Waals surface area contributed by atoms with Gasteiger partial charge >= 0.3 is 0 Å². The Labute approximate surface area is 114 Å². The molecule has 0 atom stereocenters. The van der Waals surface area contributed by atoms with Crippen LogP contribution in [0.1, 0.15) is 30.8 Å². The standard InChI is InChI=1S/C14H23N5/c1-11(2)9-19-10-13(7-16-19)6-15-8-14-5-12(3)17-18(14)4/h5,7,10-11,15H,6,8-9H2,1-4H3. The number of hydrogen-bond acceptors (Lipinski definition) is 3. The van der Waals surface area contributed by atoms with Crippen molar-refractivity contribution in [3.63, 3.8) is 0 Å². The van der Waals surface area contributed by atoms with Crippen LogP contribution in [0.4, 0.5) is 0 Å². The van der Waals surface area contributed by atoms with Crippen molar-refractivity contribution in [2.45, 2.75) is 40.4 Å². The molecule has 2 rings (SSSR count). The van der Waals surface area contributed by atoms with E-state index in [0.29, 0.717) is 5.92 Å². The van der Waals surface area contributed by atoms with Crippen LogP contribution in [-0.4, -0.2) is 19.6 Å². The summed E-state index contributed by atoms with van der Waals surface area (Å²) in [6, 6.07) is 2.11. The summed E-state index contributed by atoms with van der Waals surface area (Å²) in [5.41, 5.74) is 3.48. The fraction of sp³-hybridized carbons (Fsp3) is 0.571. The molecule has 5 heteroatoms. The van der Waals surface area contributed by atoms with Gasteiger partial charge in [-0.3, -0.25) is 9.36 Å². The third-order valence-electron chi connectivity index (χ3n) is 2.97. The Morgan fingerprint density at radius 2 is 2.11 bits per heavy atom. The van der Waals surface area contributed by atoms with Gasteiger partial charge in [0, 0.05) is 38.4 Å². The first kappa shape index (κ1) is 13.8. The third-order valence-corrected chi connectivity index (χ3v) is 2.97. The molecule has 0 aliphatic rings. The van der Waals surface area contributed by atoms with Crippen LogP contribution in [0.15, 0.2) is 18.5 Å². The van der Waals surface area contributed by atoms with E-state index in [1.807, 2.05) is 29.5 Å². The first-order chi connectivity index (χ1) is 9.04. The van der Waals surface area contributed by atoms with E-state index in [0.717, 1.165) is 25.3 Å². The van der Waals surface area contributed by atoms with Gasteiger partial charge in [-0.1, -0.05) is 13.8 Å². The van der Waals surface area contributed by atoms with E-state index in [-0.39, 0.29) is 0 Å². The zero-order chi connectivity index (χ0) is 13.8. The maximum absolute atomic E-state index is 4.36. The minimum absolute atomic E-state index is 0.623. The monoisotopic (exact) mass is 261 g/mol. The van der Waals surface area contributed by atoms with Crippen molar-refractivity contribution in [1.29, 1.82) is 0 Å². The quantitative estimate of drug-likeness (QED) is 0.863. The zero-order valence-corrected chi connectivity index (χ0v) is 12.2. The van der Waals surface area contributed by atoms with Crippen molar-refractivity contribution >= 4 is 0 Å². The van der Waals surface area contributed by atoms with Crippen LogP contribution in [0.5, 0.6) is 0 Å². The van der Waals surface area contributed by atoms with Gasteiger partial charge in [0.25, 0.3) is 0 Å². The van der Waals surface area contributed by atoms with Gasteiger partial charge in [-0.05, 0) is 18.9 Å². The summed E-state index contributed by atoms with van der Waals surface area (Å²) in [6.07, 6.45) is 4.05. The first-order valence-electron chi connectivity index (χ1n) is 6.76. The van der Waals surface area contributed by atoms with Gasteiger partial charge in [-0.2, -0.15) is 10.2 Å². The number of aromatic nitrogens is 4. The molecule has 2 aromatic rings. The van der Waals surface area contributed by atoms with E-state index >= 15 is 0 Å². The highest BCUT2D eigenvalue weighted by atomic mass is 15.3. The van der Waals surface area contributed by atoms with Crippen molar-refractivity contribution in [2.75, 3.05) is 0 Å². The van der Waals surface area contributed by atoms with E-state index in [1.54, 1.807) is 0 Å². The molecule has 0 amide bonds. The first-order valence-corrected chi connectivity index (χ1v) is 6.76. The number of nitrogens with zero attached hydrogens (tertiary/aromatic N) is 4. The molecule has 1 N–H and O–H groups in total. The molecular formula is C14H23N5. The average molecular weight is 261 g/mol. The molecule has 0 radical (unpaired) electrons. The van der Waals surface area contributed by atoms with Crippen LogP contribution >= 0.6 is 0 Å². The van der Waals surface area contributed by atoms with E-state index < -0.39 is 0 Å². The number of hydrogen-bond donors (Lipinski definition) is 1. The Kier molecular flexibility index (Phi) is 4.37. The molecule has 0 aliphatic carbocycles. The van der Waals surface area contributed by atoms with Crippen LogP contribution in [0.2, 0.25) is 0 Å². The molecule has 0 saturated carbocycles. The summed E-state index contributed by atoms with van der Waals surface area (Å²) >= 11 is 0. The molecule has 2 aromatic heterocycles. The second-order valence-corrected chi connectivity index (χ2v) is 5.47. The molecule has 5 nitrogen and oxygen atoms in total. The second-order valence-electron chi connectivity index (χ2n) is 5.47. The van der Waals surface area contributed by atoms with Crippen molar-refractivity contribution in [1.82, 2.24) is 24.9 Å². The normalized spacial score (nSPS) is 11.4. The second kappa shape index (κ2) is 6.02. The van der Waals surface area contributed by atoms with Gasteiger partial charge in [-0.25, -0.2) is 0 Å². The summed E-state index contributed by atoms with van der Waals surface area (Å²) in [6.45, 7) is 9.05. The van der Waals surface area contributed by atoms with Crippen LogP contribution in [0, 0.1) is 12.8 Å². The lowest BCUT2D eigenvalue weighted by atomic mass is 10.2. The van der Waals surface area contributed by atoms with Crippen molar-refractivity contribution < 1.29 is 0 Å². The Bertz CT molecular complexity index is 524. The Hall–Kier alpha value is -1.62. The van der Waals surface area contributed by atoms with Gasteiger partial charge in [0.15, 0.2) is 0 Å². The van der Waals surface area contributed by atoms with Crippen molar-refractivity contribution in [2.24, 2.45) is 13.0 Å². The van der Waals surface area contributed by atoms with Crippen LogP contribution in [0.25, 0.3) is 0 Å². The SMILES string of the molecule is Cc1cc(CNCc2cnn(CC(C)C)c2)n(C)n1. The van der Waals surface area contributed by atoms with E-state index in [9.17, 15) is 0 Å². The largest absolute Gasteiger partial charge is 0.307 e. The average Bonchev–Trinajstić information content (AvgIpc) is 2.86. The smallest absolute Gasteiger partial charge is 0.0597 e. The molecule has 19 heavy (non-hydrogen) atoms. The lowest BCUT2D eigenvalue weighted by molar-refractivity contribution is 0.482. The fourth-order valence-corrected chi connectivity index (χ4v) is 2.14. The number of nitrogens with one attached hydrogen (secondary N) is 1. The molecule has 2 heterocycles. The lowest BCUT2D eigenvalue weighted by Gasteiger charge is -2.04. The maximum atomic E-state index is 4.36. The highest BCUT2D eigenvalue weighted by Gasteiger charge is 2.03. The maximum Gasteiger partial charge on any atom is 0.0597 e. The molecule has 0 saturated heterocycles. The van der Waals surface area contributed by atoms with E-state index in [2.05, 4.69) is 41.6 Å².